The highest BCUT2D eigenvalue weighted by Gasteiger charge is 2.13. The number of aryl methyl sites for hydroxylation is 1. The first-order valence-electron chi connectivity index (χ1n) is 6.95. The Morgan fingerprint density at radius 2 is 2.06 bits per heavy atom. The zero-order valence-corrected chi connectivity index (χ0v) is 11.8. The van der Waals surface area contributed by atoms with Gasteiger partial charge in [-0.25, -0.2) is 0 Å². The summed E-state index contributed by atoms with van der Waals surface area (Å²) in [4.78, 5) is 0. The second-order valence-corrected chi connectivity index (χ2v) is 4.54. The molecule has 1 unspecified atom stereocenters. The van der Waals surface area contributed by atoms with Crippen LogP contribution in [-0.2, 0) is 6.42 Å². The summed E-state index contributed by atoms with van der Waals surface area (Å²) in [5, 5.41) is 0. The van der Waals surface area contributed by atoms with Gasteiger partial charge in [0, 0.05) is 6.42 Å². The van der Waals surface area contributed by atoms with Crippen molar-refractivity contribution in [3.05, 3.63) is 29.3 Å². The number of terminal acetylenes is 1. The van der Waals surface area contributed by atoms with Gasteiger partial charge in [-0.05, 0) is 48.9 Å². The van der Waals surface area contributed by atoms with E-state index >= 15 is 0 Å². The Morgan fingerprint density at radius 1 is 1.28 bits per heavy atom. The standard InChI is InChI=1S/C17H24O/c1-5-9-15(10-6-2)17-12-11-16(18-8-4)13-14(17)7-3/h1,11-13,15H,6-10H2,2-4H3. The van der Waals surface area contributed by atoms with E-state index in [9.17, 15) is 0 Å². The minimum absolute atomic E-state index is 0.491. The van der Waals surface area contributed by atoms with E-state index in [0.717, 1.165) is 25.0 Å². The van der Waals surface area contributed by atoms with Gasteiger partial charge in [-0.1, -0.05) is 26.3 Å². The maximum Gasteiger partial charge on any atom is 0.119 e. The van der Waals surface area contributed by atoms with Gasteiger partial charge in [0.25, 0.3) is 0 Å². The van der Waals surface area contributed by atoms with Crippen LogP contribution in [0.1, 0.15) is 57.1 Å². The van der Waals surface area contributed by atoms with Gasteiger partial charge in [-0.3, -0.25) is 0 Å². The molecule has 1 atom stereocenters. The summed E-state index contributed by atoms with van der Waals surface area (Å²) in [6.45, 7) is 7.13. The lowest BCUT2D eigenvalue weighted by Crippen LogP contribution is -2.03. The Kier molecular flexibility index (Phi) is 6.36. The summed E-state index contributed by atoms with van der Waals surface area (Å²) in [6.07, 6.45) is 9.68. The third-order valence-electron chi connectivity index (χ3n) is 3.25. The van der Waals surface area contributed by atoms with Crippen LogP contribution < -0.4 is 4.74 Å². The van der Waals surface area contributed by atoms with Crippen molar-refractivity contribution >= 4 is 0 Å². The van der Waals surface area contributed by atoms with Gasteiger partial charge in [0.2, 0.25) is 0 Å². The van der Waals surface area contributed by atoms with Crippen molar-refractivity contribution < 1.29 is 4.74 Å². The van der Waals surface area contributed by atoms with Gasteiger partial charge in [-0.15, -0.1) is 12.3 Å². The van der Waals surface area contributed by atoms with Crippen LogP contribution in [0, 0.1) is 12.3 Å². The monoisotopic (exact) mass is 244 g/mol. The fraction of sp³-hybridized carbons (Fsp3) is 0.529. The van der Waals surface area contributed by atoms with E-state index in [2.05, 4.69) is 38.0 Å². The molecule has 0 amide bonds. The molecule has 0 heterocycles. The third-order valence-corrected chi connectivity index (χ3v) is 3.25. The molecule has 0 bridgehead atoms. The first kappa shape index (κ1) is 14.6. The minimum Gasteiger partial charge on any atom is -0.494 e. The molecule has 98 valence electrons. The van der Waals surface area contributed by atoms with E-state index in [1.165, 1.54) is 17.5 Å². The van der Waals surface area contributed by atoms with E-state index in [1.54, 1.807) is 0 Å². The molecular formula is C17H24O. The molecule has 0 aromatic heterocycles. The zero-order valence-electron chi connectivity index (χ0n) is 11.8. The maximum atomic E-state index is 5.56. The third kappa shape index (κ3) is 3.81. The maximum absolute atomic E-state index is 5.56. The van der Waals surface area contributed by atoms with Crippen molar-refractivity contribution in [2.45, 2.75) is 52.4 Å². The van der Waals surface area contributed by atoms with Crippen LogP contribution in [0.3, 0.4) is 0 Å². The van der Waals surface area contributed by atoms with Crippen molar-refractivity contribution in [1.82, 2.24) is 0 Å². The number of ether oxygens (including phenoxy) is 1. The van der Waals surface area contributed by atoms with Gasteiger partial charge in [0.15, 0.2) is 0 Å². The molecule has 0 radical (unpaired) electrons. The van der Waals surface area contributed by atoms with Gasteiger partial charge < -0.3 is 4.74 Å². The van der Waals surface area contributed by atoms with Crippen LogP contribution in [0.5, 0.6) is 5.75 Å². The molecule has 1 rings (SSSR count). The molecule has 0 saturated carbocycles. The van der Waals surface area contributed by atoms with Crippen molar-refractivity contribution in [2.24, 2.45) is 0 Å². The van der Waals surface area contributed by atoms with Crippen LogP contribution in [0.4, 0.5) is 0 Å². The fourth-order valence-electron chi connectivity index (χ4n) is 2.40. The second kappa shape index (κ2) is 7.82. The molecule has 18 heavy (non-hydrogen) atoms. The predicted molar refractivity (Wildman–Crippen MR) is 78.1 cm³/mol. The smallest absolute Gasteiger partial charge is 0.119 e. The Labute approximate surface area is 112 Å². The number of rotatable bonds is 7. The molecule has 0 N–H and O–H groups in total. The Morgan fingerprint density at radius 3 is 2.61 bits per heavy atom. The predicted octanol–water partition coefficient (Wildman–Crippen LogP) is 4.55. The number of benzene rings is 1. The van der Waals surface area contributed by atoms with Gasteiger partial charge in [0.1, 0.15) is 5.75 Å². The van der Waals surface area contributed by atoms with Crippen molar-refractivity contribution in [3.63, 3.8) is 0 Å². The number of hydrogen-bond acceptors (Lipinski definition) is 1. The highest BCUT2D eigenvalue weighted by atomic mass is 16.5. The molecule has 0 aliphatic rings. The molecular weight excluding hydrogens is 220 g/mol. The van der Waals surface area contributed by atoms with Crippen molar-refractivity contribution in [2.75, 3.05) is 6.61 Å². The van der Waals surface area contributed by atoms with Crippen molar-refractivity contribution in [1.29, 1.82) is 0 Å². The van der Waals surface area contributed by atoms with Crippen molar-refractivity contribution in [3.8, 4) is 18.1 Å². The summed E-state index contributed by atoms with van der Waals surface area (Å²) >= 11 is 0. The average molecular weight is 244 g/mol. The first-order valence-corrected chi connectivity index (χ1v) is 6.95. The lowest BCUT2D eigenvalue weighted by Gasteiger charge is -2.18. The molecule has 0 spiro atoms. The highest BCUT2D eigenvalue weighted by Crippen LogP contribution is 2.30. The van der Waals surface area contributed by atoms with Gasteiger partial charge in [0.05, 0.1) is 6.61 Å². The molecule has 1 nitrogen and oxygen atoms in total. The summed E-state index contributed by atoms with van der Waals surface area (Å²) in [5.74, 6) is 4.27. The molecule has 1 heteroatoms. The lowest BCUT2D eigenvalue weighted by molar-refractivity contribution is 0.339. The Balaban J connectivity index is 3.02. The van der Waals surface area contributed by atoms with Crippen LogP contribution >= 0.6 is 0 Å². The molecule has 0 saturated heterocycles. The van der Waals surface area contributed by atoms with Crippen LogP contribution in [0.2, 0.25) is 0 Å². The van der Waals surface area contributed by atoms with Gasteiger partial charge in [-0.2, -0.15) is 0 Å². The molecule has 1 aromatic carbocycles. The van der Waals surface area contributed by atoms with E-state index in [4.69, 9.17) is 11.2 Å². The highest BCUT2D eigenvalue weighted by molar-refractivity contribution is 5.38. The van der Waals surface area contributed by atoms with E-state index < -0.39 is 0 Å². The van der Waals surface area contributed by atoms with Crippen LogP contribution in [-0.4, -0.2) is 6.61 Å². The van der Waals surface area contributed by atoms with Crippen LogP contribution in [0.25, 0.3) is 0 Å². The summed E-state index contributed by atoms with van der Waals surface area (Å²) in [7, 11) is 0. The average Bonchev–Trinajstić information content (AvgIpc) is 2.39. The molecule has 0 fully saturated rings. The normalized spacial score (nSPS) is 11.9. The zero-order chi connectivity index (χ0) is 13.4. The Bertz CT molecular complexity index is 401. The molecule has 0 aliphatic carbocycles. The molecule has 0 aliphatic heterocycles. The molecule has 1 aromatic rings. The van der Waals surface area contributed by atoms with E-state index in [-0.39, 0.29) is 0 Å². The number of hydrogen-bond donors (Lipinski definition) is 0. The SMILES string of the molecule is C#CCC(CCC)c1ccc(OCC)cc1CC. The first-order chi connectivity index (χ1) is 8.76. The quantitative estimate of drug-likeness (QED) is 0.639. The fourth-order valence-corrected chi connectivity index (χ4v) is 2.40. The summed E-state index contributed by atoms with van der Waals surface area (Å²) in [6, 6.07) is 6.43. The lowest BCUT2D eigenvalue weighted by atomic mass is 9.87. The minimum atomic E-state index is 0.491. The Hall–Kier alpha value is -1.42. The summed E-state index contributed by atoms with van der Waals surface area (Å²) in [5.41, 5.74) is 2.77. The topological polar surface area (TPSA) is 9.23 Å². The van der Waals surface area contributed by atoms with Crippen LogP contribution in [0.15, 0.2) is 18.2 Å². The largest absolute Gasteiger partial charge is 0.494 e. The summed E-state index contributed by atoms with van der Waals surface area (Å²) < 4.78 is 5.56. The van der Waals surface area contributed by atoms with Gasteiger partial charge >= 0.3 is 0 Å². The van der Waals surface area contributed by atoms with E-state index in [1.807, 2.05) is 6.92 Å². The second-order valence-electron chi connectivity index (χ2n) is 4.54. The van der Waals surface area contributed by atoms with E-state index in [0.29, 0.717) is 12.5 Å².